The number of aryl methyl sites for hydroxylation is 1. The third-order valence-electron chi connectivity index (χ3n) is 3.92. The molecule has 0 saturated carbocycles. The fourth-order valence-electron chi connectivity index (χ4n) is 2.66. The molecule has 6 nitrogen and oxygen atoms in total. The van der Waals surface area contributed by atoms with Crippen LogP contribution < -0.4 is 10.6 Å². The van der Waals surface area contributed by atoms with Crippen molar-refractivity contribution in [2.75, 3.05) is 5.43 Å². The summed E-state index contributed by atoms with van der Waals surface area (Å²) in [4.78, 5) is 0.0595. The zero-order valence-corrected chi connectivity index (χ0v) is 14.8. The molecule has 0 bridgehead atoms. The van der Waals surface area contributed by atoms with Crippen LogP contribution in [0.25, 0.3) is 11.0 Å². The van der Waals surface area contributed by atoms with Crippen molar-refractivity contribution in [3.8, 4) is 0 Å². The Bertz CT molecular complexity index is 1040. The molecule has 0 spiro atoms. The van der Waals surface area contributed by atoms with Gasteiger partial charge in [-0.2, -0.15) is 5.10 Å². The van der Waals surface area contributed by atoms with Gasteiger partial charge in [-0.1, -0.05) is 25.1 Å². The van der Waals surface area contributed by atoms with E-state index in [9.17, 15) is 8.42 Å². The molecule has 25 heavy (non-hydrogen) atoms. The minimum atomic E-state index is -3.70. The molecule has 1 aromatic heterocycles. The summed E-state index contributed by atoms with van der Waals surface area (Å²) in [6.45, 7) is 3.94. The monoisotopic (exact) mass is 357 g/mol. The number of fused-ring (bicyclic) bond motifs is 1. The lowest BCUT2D eigenvalue weighted by atomic mass is 10.1. The molecule has 7 heteroatoms. The lowest BCUT2D eigenvalue weighted by Crippen LogP contribution is -2.11. The number of hydrogen-bond donors (Lipinski definition) is 2. The average Bonchev–Trinajstić information content (AvgIpc) is 2.98. The van der Waals surface area contributed by atoms with E-state index in [0.29, 0.717) is 11.4 Å². The quantitative estimate of drug-likeness (QED) is 0.539. The summed E-state index contributed by atoms with van der Waals surface area (Å²) in [6, 6.07) is 14.0. The number of nitrogens with zero attached hydrogens (tertiary/aromatic N) is 1. The van der Waals surface area contributed by atoms with E-state index in [2.05, 4.69) is 17.5 Å². The van der Waals surface area contributed by atoms with E-state index in [1.54, 1.807) is 12.1 Å². The first kappa shape index (κ1) is 17.2. The van der Waals surface area contributed by atoms with Gasteiger partial charge >= 0.3 is 0 Å². The number of anilines is 1. The number of benzene rings is 2. The van der Waals surface area contributed by atoms with Crippen molar-refractivity contribution >= 4 is 32.4 Å². The Morgan fingerprint density at radius 2 is 1.84 bits per heavy atom. The summed E-state index contributed by atoms with van der Waals surface area (Å²) in [5, 5.41) is 10.5. The largest absolute Gasteiger partial charge is 0.454 e. The topological polar surface area (TPSA) is 97.7 Å². The van der Waals surface area contributed by atoms with Crippen LogP contribution in [0.5, 0.6) is 0 Å². The molecule has 0 unspecified atom stereocenters. The number of sulfonamides is 1. The number of nitrogens with two attached hydrogens (primary N) is 1. The van der Waals surface area contributed by atoms with Crippen LogP contribution in [0.3, 0.4) is 0 Å². The Labute approximate surface area is 146 Å². The Morgan fingerprint density at radius 3 is 2.48 bits per heavy atom. The Balaban J connectivity index is 1.87. The minimum Gasteiger partial charge on any atom is -0.454 e. The van der Waals surface area contributed by atoms with Crippen LogP contribution >= 0.6 is 0 Å². The lowest BCUT2D eigenvalue weighted by molar-refractivity contribution is 0.597. The summed E-state index contributed by atoms with van der Waals surface area (Å²) in [5.41, 5.74) is 6.22. The molecular formula is C18H19N3O3S. The van der Waals surface area contributed by atoms with Gasteiger partial charge in [0.15, 0.2) is 5.76 Å². The van der Waals surface area contributed by atoms with Gasteiger partial charge in [-0.25, -0.2) is 13.6 Å². The standard InChI is InChI=1S/C18H19N3O3S/c1-3-15-16-6-4-5-7-17(16)24-18(15)12(2)20-21-13-8-10-14(11-9-13)25(19,22)23/h4-11,21H,3H2,1-2H3,(H2,19,22,23)/b20-12+. The molecule has 0 aliphatic carbocycles. The molecule has 3 rings (SSSR count). The molecule has 2 aromatic carbocycles. The van der Waals surface area contributed by atoms with Gasteiger partial charge in [-0.15, -0.1) is 0 Å². The minimum absolute atomic E-state index is 0.0595. The summed E-state index contributed by atoms with van der Waals surface area (Å²) in [6.07, 6.45) is 0.836. The number of rotatable bonds is 5. The second-order valence-electron chi connectivity index (χ2n) is 5.64. The number of hydrogen-bond acceptors (Lipinski definition) is 5. The average molecular weight is 357 g/mol. The first-order valence-corrected chi connectivity index (χ1v) is 9.38. The maximum Gasteiger partial charge on any atom is 0.238 e. The van der Waals surface area contributed by atoms with E-state index < -0.39 is 10.0 Å². The van der Waals surface area contributed by atoms with Gasteiger partial charge in [0.1, 0.15) is 11.3 Å². The van der Waals surface area contributed by atoms with E-state index in [1.165, 1.54) is 12.1 Å². The second kappa shape index (κ2) is 6.70. The summed E-state index contributed by atoms with van der Waals surface area (Å²) in [5.74, 6) is 0.748. The molecule has 1 heterocycles. The highest BCUT2D eigenvalue weighted by molar-refractivity contribution is 7.89. The molecule has 0 atom stereocenters. The van der Waals surface area contributed by atoms with Crippen LogP contribution in [0.2, 0.25) is 0 Å². The third-order valence-corrected chi connectivity index (χ3v) is 4.85. The van der Waals surface area contributed by atoms with Crippen molar-refractivity contribution in [3.05, 3.63) is 59.9 Å². The van der Waals surface area contributed by atoms with E-state index >= 15 is 0 Å². The molecular weight excluding hydrogens is 338 g/mol. The zero-order valence-electron chi connectivity index (χ0n) is 14.0. The first-order valence-electron chi connectivity index (χ1n) is 7.84. The number of furan rings is 1. The molecule has 3 N–H and O–H groups in total. The van der Waals surface area contributed by atoms with Crippen LogP contribution in [-0.4, -0.2) is 14.1 Å². The lowest BCUT2D eigenvalue weighted by Gasteiger charge is -2.04. The van der Waals surface area contributed by atoms with E-state index in [0.717, 1.165) is 28.7 Å². The molecule has 0 radical (unpaired) electrons. The molecule has 0 saturated heterocycles. The highest BCUT2D eigenvalue weighted by Gasteiger charge is 2.14. The normalized spacial score (nSPS) is 12.5. The van der Waals surface area contributed by atoms with Crippen molar-refractivity contribution in [2.24, 2.45) is 10.2 Å². The molecule has 3 aromatic rings. The van der Waals surface area contributed by atoms with Gasteiger partial charge in [0.25, 0.3) is 0 Å². The van der Waals surface area contributed by atoms with Gasteiger partial charge < -0.3 is 4.42 Å². The van der Waals surface area contributed by atoms with Gasteiger partial charge in [0.05, 0.1) is 10.6 Å². The van der Waals surface area contributed by atoms with Gasteiger partial charge in [-0.3, -0.25) is 5.43 Å². The molecule has 0 aliphatic rings. The number of primary sulfonamides is 1. The summed E-state index contributed by atoms with van der Waals surface area (Å²) < 4.78 is 28.5. The predicted octanol–water partition coefficient (Wildman–Crippen LogP) is 3.48. The maximum atomic E-state index is 11.3. The van der Waals surface area contributed by atoms with Gasteiger partial charge in [0, 0.05) is 10.9 Å². The molecule has 0 aliphatic heterocycles. The van der Waals surface area contributed by atoms with Crippen molar-refractivity contribution in [3.63, 3.8) is 0 Å². The Morgan fingerprint density at radius 1 is 1.16 bits per heavy atom. The molecule has 130 valence electrons. The van der Waals surface area contributed by atoms with Crippen LogP contribution in [0.4, 0.5) is 5.69 Å². The van der Waals surface area contributed by atoms with Crippen LogP contribution in [0.15, 0.2) is 62.9 Å². The van der Waals surface area contributed by atoms with Crippen molar-refractivity contribution < 1.29 is 12.8 Å². The van der Waals surface area contributed by atoms with Crippen LogP contribution in [0.1, 0.15) is 25.2 Å². The summed E-state index contributed by atoms with van der Waals surface area (Å²) >= 11 is 0. The molecule has 0 fully saturated rings. The number of hydrazone groups is 1. The zero-order chi connectivity index (χ0) is 18.0. The molecule has 0 amide bonds. The van der Waals surface area contributed by atoms with Crippen LogP contribution in [0, 0.1) is 0 Å². The number of nitrogens with one attached hydrogen (secondary N) is 1. The van der Waals surface area contributed by atoms with Gasteiger partial charge in [0.2, 0.25) is 10.0 Å². The predicted molar refractivity (Wildman–Crippen MR) is 99.2 cm³/mol. The maximum absolute atomic E-state index is 11.3. The van der Waals surface area contributed by atoms with Crippen molar-refractivity contribution in [2.45, 2.75) is 25.2 Å². The van der Waals surface area contributed by atoms with Crippen molar-refractivity contribution in [1.29, 1.82) is 0 Å². The highest BCUT2D eigenvalue weighted by atomic mass is 32.2. The van der Waals surface area contributed by atoms with E-state index in [-0.39, 0.29) is 4.90 Å². The SMILES string of the molecule is CCc1c(/C(C)=N/Nc2ccc(S(N)(=O)=O)cc2)oc2ccccc12. The fraction of sp³-hybridized carbons (Fsp3) is 0.167. The van der Waals surface area contributed by atoms with Crippen molar-refractivity contribution in [1.82, 2.24) is 0 Å². The Kier molecular flexibility index (Phi) is 4.61. The van der Waals surface area contributed by atoms with E-state index in [4.69, 9.17) is 9.56 Å². The van der Waals surface area contributed by atoms with Crippen LogP contribution in [-0.2, 0) is 16.4 Å². The smallest absolute Gasteiger partial charge is 0.238 e. The fourth-order valence-corrected chi connectivity index (χ4v) is 3.18. The van der Waals surface area contributed by atoms with E-state index in [1.807, 2.05) is 31.2 Å². The Hall–Kier alpha value is -2.64. The summed E-state index contributed by atoms with van der Waals surface area (Å²) in [7, 11) is -3.70. The third kappa shape index (κ3) is 3.57. The second-order valence-corrected chi connectivity index (χ2v) is 7.20. The number of para-hydroxylation sites is 1. The van der Waals surface area contributed by atoms with Gasteiger partial charge in [-0.05, 0) is 43.7 Å². The first-order chi connectivity index (χ1) is 11.9. The highest BCUT2D eigenvalue weighted by Crippen LogP contribution is 2.27.